The van der Waals surface area contributed by atoms with Gasteiger partial charge in [0.1, 0.15) is 5.69 Å². The van der Waals surface area contributed by atoms with Crippen LogP contribution in [0.5, 0.6) is 0 Å². The van der Waals surface area contributed by atoms with Crippen molar-refractivity contribution in [2.75, 3.05) is 16.0 Å². The SMILES string of the molecule is CC(=O)Nc1cccc(NC(=O)c2cc(C)nc(NCc3ccccc3C)n2)c1. The van der Waals surface area contributed by atoms with E-state index in [-0.39, 0.29) is 17.5 Å². The van der Waals surface area contributed by atoms with Crippen LogP contribution in [0.3, 0.4) is 0 Å². The van der Waals surface area contributed by atoms with Crippen molar-refractivity contribution in [3.05, 3.63) is 77.1 Å². The molecule has 2 aromatic carbocycles. The summed E-state index contributed by atoms with van der Waals surface area (Å²) in [7, 11) is 0. The largest absolute Gasteiger partial charge is 0.350 e. The van der Waals surface area contributed by atoms with Crippen molar-refractivity contribution in [2.45, 2.75) is 27.3 Å². The number of carbonyl (C=O) groups is 2. The Bertz CT molecular complexity index is 1050. The minimum Gasteiger partial charge on any atom is -0.350 e. The van der Waals surface area contributed by atoms with Crippen LogP contribution in [-0.4, -0.2) is 21.8 Å². The highest BCUT2D eigenvalue weighted by Crippen LogP contribution is 2.17. The molecule has 0 atom stereocenters. The van der Waals surface area contributed by atoms with Crippen LogP contribution < -0.4 is 16.0 Å². The van der Waals surface area contributed by atoms with E-state index in [2.05, 4.69) is 25.9 Å². The van der Waals surface area contributed by atoms with E-state index in [9.17, 15) is 9.59 Å². The number of nitrogens with one attached hydrogen (secondary N) is 3. The summed E-state index contributed by atoms with van der Waals surface area (Å²) in [6, 6.07) is 16.6. The van der Waals surface area contributed by atoms with E-state index < -0.39 is 0 Å². The van der Waals surface area contributed by atoms with E-state index in [0.29, 0.717) is 29.6 Å². The third kappa shape index (κ3) is 5.62. The number of aromatic nitrogens is 2. The molecule has 1 aromatic heterocycles. The van der Waals surface area contributed by atoms with E-state index in [1.807, 2.05) is 38.1 Å². The molecule has 3 aromatic rings. The molecule has 2 amide bonds. The van der Waals surface area contributed by atoms with Gasteiger partial charge in [0, 0.05) is 30.5 Å². The predicted octanol–water partition coefficient (Wildman–Crippen LogP) is 3.92. The molecule has 148 valence electrons. The second kappa shape index (κ2) is 8.97. The third-order valence-corrected chi connectivity index (χ3v) is 4.23. The number of nitrogens with zero attached hydrogens (tertiary/aromatic N) is 2. The van der Waals surface area contributed by atoms with Gasteiger partial charge in [-0.15, -0.1) is 0 Å². The van der Waals surface area contributed by atoms with E-state index in [0.717, 1.165) is 5.56 Å². The first-order valence-electron chi connectivity index (χ1n) is 9.24. The summed E-state index contributed by atoms with van der Waals surface area (Å²) >= 11 is 0. The first kappa shape index (κ1) is 20.0. The Morgan fingerprint density at radius 3 is 2.34 bits per heavy atom. The fraction of sp³-hybridized carbons (Fsp3) is 0.182. The minimum atomic E-state index is -0.352. The van der Waals surface area contributed by atoms with Crippen LogP contribution in [0.4, 0.5) is 17.3 Å². The van der Waals surface area contributed by atoms with Crippen LogP contribution >= 0.6 is 0 Å². The summed E-state index contributed by atoms with van der Waals surface area (Å²) in [4.78, 5) is 32.6. The van der Waals surface area contributed by atoms with Gasteiger partial charge in [-0.1, -0.05) is 30.3 Å². The molecule has 0 aliphatic rings. The van der Waals surface area contributed by atoms with Gasteiger partial charge in [0.2, 0.25) is 11.9 Å². The van der Waals surface area contributed by atoms with E-state index in [4.69, 9.17) is 0 Å². The zero-order chi connectivity index (χ0) is 20.8. The number of rotatable bonds is 6. The van der Waals surface area contributed by atoms with Crippen molar-refractivity contribution in [3.8, 4) is 0 Å². The average molecular weight is 389 g/mol. The summed E-state index contributed by atoms with van der Waals surface area (Å²) in [6.07, 6.45) is 0. The lowest BCUT2D eigenvalue weighted by atomic mass is 10.1. The maximum atomic E-state index is 12.7. The van der Waals surface area contributed by atoms with Gasteiger partial charge >= 0.3 is 0 Å². The molecule has 29 heavy (non-hydrogen) atoms. The molecule has 1 heterocycles. The highest BCUT2D eigenvalue weighted by Gasteiger charge is 2.12. The van der Waals surface area contributed by atoms with Crippen molar-refractivity contribution in [1.82, 2.24) is 9.97 Å². The molecular weight excluding hydrogens is 366 g/mol. The molecule has 0 radical (unpaired) electrons. The maximum absolute atomic E-state index is 12.7. The maximum Gasteiger partial charge on any atom is 0.274 e. The Morgan fingerprint density at radius 2 is 1.62 bits per heavy atom. The Hall–Kier alpha value is -3.74. The summed E-state index contributed by atoms with van der Waals surface area (Å²) in [6.45, 7) is 5.85. The molecule has 0 spiro atoms. The number of aryl methyl sites for hydroxylation is 2. The topological polar surface area (TPSA) is 96.0 Å². The lowest BCUT2D eigenvalue weighted by Crippen LogP contribution is -2.16. The van der Waals surface area contributed by atoms with Crippen molar-refractivity contribution in [3.63, 3.8) is 0 Å². The zero-order valence-corrected chi connectivity index (χ0v) is 16.6. The molecule has 3 rings (SSSR count). The molecular formula is C22H23N5O2. The Labute approximate surface area is 169 Å². The summed E-state index contributed by atoms with van der Waals surface area (Å²) in [5.41, 5.74) is 4.42. The fourth-order valence-electron chi connectivity index (χ4n) is 2.82. The molecule has 0 unspecified atom stereocenters. The molecule has 7 heteroatoms. The van der Waals surface area contributed by atoms with Crippen LogP contribution in [0, 0.1) is 13.8 Å². The van der Waals surface area contributed by atoms with Gasteiger partial charge in [-0.25, -0.2) is 9.97 Å². The number of amides is 2. The normalized spacial score (nSPS) is 10.3. The number of hydrogen-bond donors (Lipinski definition) is 3. The smallest absolute Gasteiger partial charge is 0.274 e. The average Bonchev–Trinajstić information content (AvgIpc) is 2.66. The number of carbonyl (C=O) groups excluding carboxylic acids is 2. The van der Waals surface area contributed by atoms with Gasteiger partial charge < -0.3 is 16.0 Å². The van der Waals surface area contributed by atoms with Crippen LogP contribution in [0.2, 0.25) is 0 Å². The molecule has 3 N–H and O–H groups in total. The van der Waals surface area contributed by atoms with Crippen molar-refractivity contribution < 1.29 is 9.59 Å². The van der Waals surface area contributed by atoms with Crippen LogP contribution in [0.1, 0.15) is 34.2 Å². The van der Waals surface area contributed by atoms with Crippen LogP contribution in [-0.2, 0) is 11.3 Å². The van der Waals surface area contributed by atoms with E-state index in [1.165, 1.54) is 12.5 Å². The van der Waals surface area contributed by atoms with Gasteiger partial charge in [0.25, 0.3) is 5.91 Å². The molecule has 0 bridgehead atoms. The van der Waals surface area contributed by atoms with Gasteiger partial charge in [-0.3, -0.25) is 9.59 Å². The highest BCUT2D eigenvalue weighted by molar-refractivity contribution is 6.03. The van der Waals surface area contributed by atoms with E-state index >= 15 is 0 Å². The third-order valence-electron chi connectivity index (χ3n) is 4.23. The summed E-state index contributed by atoms with van der Waals surface area (Å²) < 4.78 is 0. The van der Waals surface area contributed by atoms with Crippen molar-refractivity contribution >= 4 is 29.1 Å². The Balaban J connectivity index is 1.72. The molecule has 0 saturated heterocycles. The minimum absolute atomic E-state index is 0.177. The quantitative estimate of drug-likeness (QED) is 0.594. The highest BCUT2D eigenvalue weighted by atomic mass is 16.2. The van der Waals surface area contributed by atoms with Gasteiger partial charge in [-0.2, -0.15) is 0 Å². The molecule has 0 fully saturated rings. The van der Waals surface area contributed by atoms with Crippen molar-refractivity contribution in [2.24, 2.45) is 0 Å². The Kier molecular flexibility index (Phi) is 6.19. The standard InChI is InChI=1S/C22H23N5O2/c1-14-7-4-5-8-17(14)13-23-22-24-15(2)11-20(27-22)21(29)26-19-10-6-9-18(12-19)25-16(3)28/h4-12H,13H2,1-3H3,(H,25,28)(H,26,29)(H,23,24,27). The molecule has 0 aliphatic heterocycles. The molecule has 0 aliphatic carbocycles. The summed E-state index contributed by atoms with van der Waals surface area (Å²) in [5.74, 6) is -0.135. The lowest BCUT2D eigenvalue weighted by molar-refractivity contribution is -0.114. The summed E-state index contributed by atoms with van der Waals surface area (Å²) in [5, 5.41) is 8.67. The fourth-order valence-corrected chi connectivity index (χ4v) is 2.82. The second-order valence-electron chi connectivity index (χ2n) is 6.71. The molecule has 7 nitrogen and oxygen atoms in total. The molecule has 0 saturated carbocycles. The first-order valence-corrected chi connectivity index (χ1v) is 9.24. The number of hydrogen-bond acceptors (Lipinski definition) is 5. The zero-order valence-electron chi connectivity index (χ0n) is 16.6. The number of anilines is 3. The second-order valence-corrected chi connectivity index (χ2v) is 6.71. The van der Waals surface area contributed by atoms with E-state index in [1.54, 1.807) is 30.3 Å². The monoisotopic (exact) mass is 389 g/mol. The first-order chi connectivity index (χ1) is 13.9. The van der Waals surface area contributed by atoms with Crippen LogP contribution in [0.15, 0.2) is 54.6 Å². The number of benzene rings is 2. The van der Waals surface area contributed by atoms with Crippen molar-refractivity contribution in [1.29, 1.82) is 0 Å². The lowest BCUT2D eigenvalue weighted by Gasteiger charge is -2.11. The van der Waals surface area contributed by atoms with Crippen LogP contribution in [0.25, 0.3) is 0 Å². The van der Waals surface area contributed by atoms with Gasteiger partial charge in [0.05, 0.1) is 0 Å². The predicted molar refractivity (Wildman–Crippen MR) is 114 cm³/mol. The van der Waals surface area contributed by atoms with Gasteiger partial charge in [0.15, 0.2) is 0 Å². The Morgan fingerprint density at radius 1 is 0.897 bits per heavy atom. The van der Waals surface area contributed by atoms with Gasteiger partial charge in [-0.05, 0) is 49.2 Å².